The number of aromatic nitrogens is 3. The summed E-state index contributed by atoms with van der Waals surface area (Å²) >= 11 is 1.66. The number of carbonyl (C=O) groups excluding carboxylic acids is 1. The quantitative estimate of drug-likeness (QED) is 0.681. The van der Waals surface area contributed by atoms with Gasteiger partial charge in [0.1, 0.15) is 5.76 Å². The van der Waals surface area contributed by atoms with E-state index in [0.29, 0.717) is 18.3 Å². The molecule has 2 N–H and O–H groups in total. The van der Waals surface area contributed by atoms with Crippen LogP contribution in [0.1, 0.15) is 22.7 Å². The molecule has 1 atom stereocenters. The third-order valence-corrected chi connectivity index (χ3v) is 5.07. The van der Waals surface area contributed by atoms with E-state index in [0.717, 1.165) is 35.9 Å². The molecule has 8 heteroatoms. The van der Waals surface area contributed by atoms with Crippen LogP contribution in [-0.4, -0.2) is 46.2 Å². The van der Waals surface area contributed by atoms with Gasteiger partial charge < -0.3 is 19.6 Å². The first-order valence-electron chi connectivity index (χ1n) is 8.83. The number of anilines is 1. The molecular formula is C19H21N5O2S. The molecule has 1 amide bonds. The first-order chi connectivity index (χ1) is 13.2. The number of hydrogen-bond donors (Lipinski definition) is 2. The highest BCUT2D eigenvalue weighted by Crippen LogP contribution is 2.21. The largest absolute Gasteiger partial charge is 0.455 e. The second kappa shape index (κ2) is 7.87. The molecule has 140 valence electrons. The molecule has 27 heavy (non-hydrogen) atoms. The molecule has 0 saturated carbocycles. The number of nitrogens with zero attached hydrogens (tertiary/aromatic N) is 3. The van der Waals surface area contributed by atoms with Crippen molar-refractivity contribution in [3.05, 3.63) is 54.2 Å². The minimum absolute atomic E-state index is 0.0457. The molecule has 0 aromatic carbocycles. The Morgan fingerprint density at radius 2 is 2.33 bits per heavy atom. The van der Waals surface area contributed by atoms with Crippen molar-refractivity contribution in [1.82, 2.24) is 20.3 Å². The summed E-state index contributed by atoms with van der Waals surface area (Å²) in [5.41, 5.74) is 1.82. The van der Waals surface area contributed by atoms with Gasteiger partial charge in [0.25, 0.3) is 5.91 Å². The maximum Gasteiger partial charge on any atom is 0.287 e. The molecule has 1 aliphatic rings. The average molecular weight is 383 g/mol. The summed E-state index contributed by atoms with van der Waals surface area (Å²) in [7, 11) is 0. The van der Waals surface area contributed by atoms with Gasteiger partial charge in [-0.2, -0.15) is 11.8 Å². The van der Waals surface area contributed by atoms with Crippen LogP contribution in [0.25, 0.3) is 11.4 Å². The summed E-state index contributed by atoms with van der Waals surface area (Å²) in [4.78, 5) is 26.7. The van der Waals surface area contributed by atoms with Gasteiger partial charge in [-0.05, 0) is 43.0 Å². The van der Waals surface area contributed by atoms with Crippen molar-refractivity contribution in [3.8, 4) is 11.4 Å². The lowest BCUT2D eigenvalue weighted by atomic mass is 10.2. The number of H-pyrrole nitrogens is 1. The molecule has 3 aromatic rings. The molecule has 1 unspecified atom stereocenters. The van der Waals surface area contributed by atoms with E-state index in [4.69, 9.17) is 4.42 Å². The summed E-state index contributed by atoms with van der Waals surface area (Å²) in [6, 6.07) is 9.44. The minimum atomic E-state index is -0.171. The number of rotatable bonds is 6. The summed E-state index contributed by atoms with van der Waals surface area (Å²) in [5, 5.41) is 3.05. The van der Waals surface area contributed by atoms with E-state index in [2.05, 4.69) is 25.2 Å². The van der Waals surface area contributed by atoms with Gasteiger partial charge in [-0.25, -0.2) is 9.97 Å². The Bertz CT molecular complexity index is 908. The molecule has 4 heterocycles. The fourth-order valence-electron chi connectivity index (χ4n) is 3.18. The lowest BCUT2D eigenvalue weighted by Gasteiger charge is -2.17. The van der Waals surface area contributed by atoms with Crippen molar-refractivity contribution < 1.29 is 9.21 Å². The van der Waals surface area contributed by atoms with E-state index >= 15 is 0 Å². The fourth-order valence-corrected chi connectivity index (χ4v) is 3.62. The maximum atomic E-state index is 12.4. The smallest absolute Gasteiger partial charge is 0.287 e. The summed E-state index contributed by atoms with van der Waals surface area (Å²) in [6.45, 7) is 1.48. The fraction of sp³-hybridized carbons (Fsp3) is 0.316. The van der Waals surface area contributed by atoms with Crippen LogP contribution in [0, 0.1) is 0 Å². The van der Waals surface area contributed by atoms with Gasteiger partial charge in [0.2, 0.25) is 5.95 Å². The number of thioether (sulfide) groups is 1. The highest BCUT2D eigenvalue weighted by atomic mass is 32.2. The van der Waals surface area contributed by atoms with Crippen molar-refractivity contribution in [2.75, 3.05) is 24.2 Å². The van der Waals surface area contributed by atoms with Gasteiger partial charge >= 0.3 is 0 Å². The summed E-state index contributed by atoms with van der Waals surface area (Å²) in [6.07, 6.45) is 6.49. The Morgan fingerprint density at radius 3 is 3.15 bits per heavy atom. The molecule has 1 aliphatic heterocycles. The Labute approximate surface area is 161 Å². The van der Waals surface area contributed by atoms with E-state index in [9.17, 15) is 4.79 Å². The predicted molar refractivity (Wildman–Crippen MR) is 106 cm³/mol. The minimum Gasteiger partial charge on any atom is -0.455 e. The number of furan rings is 1. The van der Waals surface area contributed by atoms with Crippen LogP contribution in [0.2, 0.25) is 0 Å². The first-order valence-corrected chi connectivity index (χ1v) is 10.2. The maximum absolute atomic E-state index is 12.4. The molecule has 4 rings (SSSR count). The topological polar surface area (TPSA) is 87.0 Å². The molecule has 1 fully saturated rings. The number of carbonyl (C=O) groups is 1. The van der Waals surface area contributed by atoms with Crippen LogP contribution in [0.5, 0.6) is 0 Å². The molecule has 0 radical (unpaired) electrons. The number of nitrogens with one attached hydrogen (secondary N) is 2. The van der Waals surface area contributed by atoms with Gasteiger partial charge in [-0.1, -0.05) is 0 Å². The van der Waals surface area contributed by atoms with Gasteiger partial charge in [-0.15, -0.1) is 0 Å². The number of hydrogen-bond acceptors (Lipinski definition) is 6. The van der Waals surface area contributed by atoms with Gasteiger partial charge in [0.15, 0.2) is 5.76 Å². The molecule has 1 saturated heterocycles. The Kier molecular flexibility index (Phi) is 5.15. The van der Waals surface area contributed by atoms with Crippen molar-refractivity contribution in [2.45, 2.75) is 18.2 Å². The van der Waals surface area contributed by atoms with Gasteiger partial charge in [-0.3, -0.25) is 4.79 Å². The number of amides is 1. The third kappa shape index (κ3) is 4.00. The zero-order valence-electron chi connectivity index (χ0n) is 15.0. The van der Waals surface area contributed by atoms with Crippen LogP contribution >= 0.6 is 11.8 Å². The van der Waals surface area contributed by atoms with Crippen molar-refractivity contribution >= 4 is 23.6 Å². The van der Waals surface area contributed by atoms with Crippen LogP contribution in [0.4, 0.5) is 5.95 Å². The van der Waals surface area contributed by atoms with E-state index in [1.165, 1.54) is 0 Å². The standard InChI is InChI=1S/C19H21N5O2S/c1-27-12-14-4-5-17(26-14)18(25)22-13-7-10-24(11-13)19-21-9-6-16(23-19)15-3-2-8-20-15/h2-6,8-9,13,20H,7,10-12H2,1H3,(H,22,25). The Balaban J connectivity index is 1.38. The predicted octanol–water partition coefficient (Wildman–Crippen LogP) is 2.94. The zero-order valence-corrected chi connectivity index (χ0v) is 15.8. The molecular weight excluding hydrogens is 362 g/mol. The average Bonchev–Trinajstić information content (AvgIpc) is 3.44. The van der Waals surface area contributed by atoms with Crippen LogP contribution in [-0.2, 0) is 5.75 Å². The number of aromatic amines is 1. The highest BCUT2D eigenvalue weighted by Gasteiger charge is 2.27. The second-order valence-corrected chi connectivity index (χ2v) is 7.30. The van der Waals surface area contributed by atoms with E-state index in [-0.39, 0.29) is 11.9 Å². The normalized spacial score (nSPS) is 16.6. The molecule has 0 bridgehead atoms. The highest BCUT2D eigenvalue weighted by molar-refractivity contribution is 7.97. The lowest BCUT2D eigenvalue weighted by molar-refractivity contribution is 0.0911. The third-order valence-electron chi connectivity index (χ3n) is 4.50. The van der Waals surface area contributed by atoms with Crippen LogP contribution in [0.15, 0.2) is 47.1 Å². The zero-order chi connectivity index (χ0) is 18.6. The molecule has 3 aromatic heterocycles. The molecule has 0 aliphatic carbocycles. The van der Waals surface area contributed by atoms with Crippen LogP contribution in [0.3, 0.4) is 0 Å². The van der Waals surface area contributed by atoms with Crippen LogP contribution < -0.4 is 10.2 Å². The van der Waals surface area contributed by atoms with Crippen molar-refractivity contribution in [1.29, 1.82) is 0 Å². The summed E-state index contributed by atoms with van der Waals surface area (Å²) in [5.74, 6) is 2.45. The summed E-state index contributed by atoms with van der Waals surface area (Å²) < 4.78 is 5.59. The van der Waals surface area contributed by atoms with E-state index in [1.54, 1.807) is 24.0 Å². The lowest BCUT2D eigenvalue weighted by Crippen LogP contribution is -2.37. The van der Waals surface area contributed by atoms with Gasteiger partial charge in [0.05, 0.1) is 17.1 Å². The van der Waals surface area contributed by atoms with Crippen molar-refractivity contribution in [2.24, 2.45) is 0 Å². The van der Waals surface area contributed by atoms with Crippen molar-refractivity contribution in [3.63, 3.8) is 0 Å². The second-order valence-electron chi connectivity index (χ2n) is 6.43. The Morgan fingerprint density at radius 1 is 1.41 bits per heavy atom. The molecule has 7 nitrogen and oxygen atoms in total. The molecule has 0 spiro atoms. The SMILES string of the molecule is CSCc1ccc(C(=O)NC2CCN(c3nccc(-c4ccc[nH]4)n3)C2)o1. The van der Waals surface area contributed by atoms with E-state index in [1.807, 2.05) is 36.7 Å². The van der Waals surface area contributed by atoms with Gasteiger partial charge in [0, 0.05) is 31.5 Å². The monoisotopic (exact) mass is 383 g/mol. The Hall–Kier alpha value is -2.74. The van der Waals surface area contributed by atoms with E-state index < -0.39 is 0 Å². The first kappa shape index (κ1) is 17.7.